The number of hydrogen-bond donors (Lipinski definition) is 1. The molecule has 1 aromatic carbocycles. The molecule has 2 aromatic rings. The molecule has 0 fully saturated rings. The maximum Gasteiger partial charge on any atom is 0.223 e. The molecule has 0 unspecified atom stereocenters. The lowest BCUT2D eigenvalue weighted by molar-refractivity contribution is 0.119. The smallest absolute Gasteiger partial charge is 0.223 e. The fourth-order valence-corrected chi connectivity index (χ4v) is 1.98. The van der Waals surface area contributed by atoms with E-state index in [0.717, 1.165) is 17.8 Å². The molecule has 2 rings (SSSR count). The molecule has 0 bridgehead atoms. The van der Waals surface area contributed by atoms with Crippen LogP contribution in [0.15, 0.2) is 47.4 Å². The Hall–Kier alpha value is -2.11. The quantitative estimate of drug-likeness (QED) is 0.754. The highest BCUT2D eigenvalue weighted by atomic mass is 16.5. The highest BCUT2D eigenvalue weighted by molar-refractivity contribution is 5.22. The van der Waals surface area contributed by atoms with Gasteiger partial charge in [-0.3, -0.25) is 4.79 Å². The van der Waals surface area contributed by atoms with Gasteiger partial charge in [0.2, 0.25) is 5.43 Å². The zero-order chi connectivity index (χ0) is 15.8. The first kappa shape index (κ1) is 16.3. The van der Waals surface area contributed by atoms with Crippen LogP contribution in [0.1, 0.15) is 11.3 Å². The van der Waals surface area contributed by atoms with Crippen molar-refractivity contribution in [1.82, 2.24) is 9.88 Å². The van der Waals surface area contributed by atoms with Crippen LogP contribution in [0.2, 0.25) is 0 Å². The minimum Gasteiger partial charge on any atom is -0.483 e. The molecule has 0 amide bonds. The molecule has 22 heavy (non-hydrogen) atoms. The van der Waals surface area contributed by atoms with Gasteiger partial charge in [0.1, 0.15) is 6.61 Å². The van der Waals surface area contributed by atoms with E-state index in [2.05, 4.69) is 5.32 Å². The minimum absolute atomic E-state index is 0.124. The summed E-state index contributed by atoms with van der Waals surface area (Å²) in [6.07, 6.45) is 1.71. The minimum atomic E-state index is -0.124. The molecule has 0 radical (unpaired) electrons. The summed E-state index contributed by atoms with van der Waals surface area (Å²) in [7, 11) is 3.75. The van der Waals surface area contributed by atoms with Crippen molar-refractivity contribution < 1.29 is 9.47 Å². The van der Waals surface area contributed by atoms with Crippen molar-refractivity contribution in [1.29, 1.82) is 0 Å². The van der Waals surface area contributed by atoms with Gasteiger partial charge in [-0.15, -0.1) is 0 Å². The zero-order valence-corrected chi connectivity index (χ0v) is 13.0. The molecular weight excluding hydrogens is 280 g/mol. The molecule has 0 saturated heterocycles. The van der Waals surface area contributed by atoms with Crippen molar-refractivity contribution in [2.45, 2.75) is 13.2 Å². The van der Waals surface area contributed by atoms with Crippen molar-refractivity contribution in [3.05, 3.63) is 64.1 Å². The molecule has 0 saturated carbocycles. The van der Waals surface area contributed by atoms with E-state index in [1.165, 1.54) is 0 Å². The van der Waals surface area contributed by atoms with Crippen molar-refractivity contribution in [2.24, 2.45) is 7.05 Å². The number of hydrogen-bond acceptors (Lipinski definition) is 4. The van der Waals surface area contributed by atoms with E-state index >= 15 is 0 Å². The summed E-state index contributed by atoms with van der Waals surface area (Å²) in [4.78, 5) is 12.1. The maximum atomic E-state index is 12.1. The summed E-state index contributed by atoms with van der Waals surface area (Å²) >= 11 is 0. The van der Waals surface area contributed by atoms with Gasteiger partial charge < -0.3 is 19.4 Å². The van der Waals surface area contributed by atoms with Crippen molar-refractivity contribution in [2.75, 3.05) is 20.2 Å². The normalized spacial score (nSPS) is 10.6. The molecule has 0 aliphatic carbocycles. The van der Waals surface area contributed by atoms with Gasteiger partial charge >= 0.3 is 0 Å². The summed E-state index contributed by atoms with van der Waals surface area (Å²) in [5, 5.41) is 3.01. The van der Waals surface area contributed by atoms with Crippen molar-refractivity contribution in [3.8, 4) is 5.75 Å². The number of likely N-dealkylation sites (N-methyl/N-ethyl adjacent to an activating group) is 1. The predicted octanol–water partition coefficient (Wildman–Crippen LogP) is 1.70. The van der Waals surface area contributed by atoms with Crippen LogP contribution in [0.3, 0.4) is 0 Å². The number of aryl methyl sites for hydroxylation is 1. The Labute approximate surface area is 130 Å². The molecular formula is C17H22N2O3. The first-order chi connectivity index (χ1) is 10.7. The van der Waals surface area contributed by atoms with Crippen LogP contribution < -0.4 is 15.5 Å². The Morgan fingerprint density at radius 2 is 1.95 bits per heavy atom. The molecule has 0 aliphatic rings. The van der Waals surface area contributed by atoms with Crippen LogP contribution in [0.4, 0.5) is 0 Å². The Kier molecular flexibility index (Phi) is 6.18. The van der Waals surface area contributed by atoms with Gasteiger partial charge in [0, 0.05) is 25.4 Å². The Bertz CT molecular complexity index is 638. The largest absolute Gasteiger partial charge is 0.483 e. The number of benzene rings is 1. The third-order valence-corrected chi connectivity index (χ3v) is 3.29. The lowest BCUT2D eigenvalue weighted by Crippen LogP contribution is -2.17. The Morgan fingerprint density at radius 1 is 1.18 bits per heavy atom. The van der Waals surface area contributed by atoms with Crippen LogP contribution in [0, 0.1) is 0 Å². The first-order valence-electron chi connectivity index (χ1n) is 7.29. The van der Waals surface area contributed by atoms with Gasteiger partial charge in [0.05, 0.1) is 19.4 Å². The third kappa shape index (κ3) is 4.72. The Balaban J connectivity index is 1.98. The van der Waals surface area contributed by atoms with Crippen LogP contribution in [0.5, 0.6) is 5.75 Å². The predicted molar refractivity (Wildman–Crippen MR) is 86.0 cm³/mol. The first-order valence-corrected chi connectivity index (χ1v) is 7.29. The zero-order valence-electron chi connectivity index (χ0n) is 13.0. The van der Waals surface area contributed by atoms with Crippen molar-refractivity contribution >= 4 is 0 Å². The van der Waals surface area contributed by atoms with E-state index in [0.29, 0.717) is 25.6 Å². The molecule has 0 aliphatic heterocycles. The summed E-state index contributed by atoms with van der Waals surface area (Å²) in [5.41, 5.74) is 1.73. The molecule has 1 heterocycles. The Morgan fingerprint density at radius 3 is 2.68 bits per heavy atom. The fraction of sp³-hybridized carbons (Fsp3) is 0.353. The molecule has 118 valence electrons. The number of ether oxygens (including phenoxy) is 2. The second-order valence-corrected chi connectivity index (χ2v) is 5.03. The van der Waals surface area contributed by atoms with Gasteiger partial charge in [-0.2, -0.15) is 0 Å². The van der Waals surface area contributed by atoms with Gasteiger partial charge in [-0.1, -0.05) is 30.3 Å². The van der Waals surface area contributed by atoms with E-state index in [-0.39, 0.29) is 5.43 Å². The third-order valence-electron chi connectivity index (χ3n) is 3.29. The van der Waals surface area contributed by atoms with E-state index in [1.807, 2.05) is 49.0 Å². The molecule has 0 spiro atoms. The van der Waals surface area contributed by atoms with E-state index in [9.17, 15) is 4.79 Å². The van der Waals surface area contributed by atoms with E-state index < -0.39 is 0 Å². The fourth-order valence-electron chi connectivity index (χ4n) is 1.98. The molecule has 5 heteroatoms. The lowest BCUT2D eigenvalue weighted by Gasteiger charge is -2.12. The van der Waals surface area contributed by atoms with E-state index in [4.69, 9.17) is 9.47 Å². The van der Waals surface area contributed by atoms with Crippen LogP contribution in [0.25, 0.3) is 0 Å². The highest BCUT2D eigenvalue weighted by Gasteiger charge is 2.06. The molecule has 5 nitrogen and oxygen atoms in total. The average molecular weight is 302 g/mol. The van der Waals surface area contributed by atoms with Gasteiger partial charge in [-0.25, -0.2) is 0 Å². The lowest BCUT2D eigenvalue weighted by atomic mass is 10.2. The monoisotopic (exact) mass is 302 g/mol. The van der Waals surface area contributed by atoms with Crippen LogP contribution in [-0.4, -0.2) is 24.8 Å². The molecule has 1 N–H and O–H groups in total. The standard InChI is InChI=1S/C17H22N2O3/c1-18-8-9-21-13-15-10-16(20)17(11-19(15)2)22-12-14-6-4-3-5-7-14/h3-7,10-11,18H,8-9,12-13H2,1-2H3. The second kappa shape index (κ2) is 8.36. The number of pyridine rings is 1. The van der Waals surface area contributed by atoms with Gasteiger partial charge in [0.15, 0.2) is 5.75 Å². The van der Waals surface area contributed by atoms with Crippen molar-refractivity contribution in [3.63, 3.8) is 0 Å². The second-order valence-electron chi connectivity index (χ2n) is 5.03. The number of aromatic nitrogens is 1. The van der Waals surface area contributed by atoms with Gasteiger partial charge in [0.25, 0.3) is 0 Å². The van der Waals surface area contributed by atoms with Crippen LogP contribution >= 0.6 is 0 Å². The maximum absolute atomic E-state index is 12.1. The SMILES string of the molecule is CNCCOCc1cc(=O)c(OCc2ccccc2)cn1C. The molecule has 0 atom stereocenters. The van der Waals surface area contributed by atoms with Crippen LogP contribution in [-0.2, 0) is 25.0 Å². The summed E-state index contributed by atoms with van der Waals surface area (Å²) in [6, 6.07) is 11.3. The summed E-state index contributed by atoms with van der Waals surface area (Å²) in [5.74, 6) is 0.352. The number of nitrogens with zero attached hydrogens (tertiary/aromatic N) is 1. The summed E-state index contributed by atoms with van der Waals surface area (Å²) in [6.45, 7) is 2.18. The van der Waals surface area contributed by atoms with Gasteiger partial charge in [-0.05, 0) is 12.6 Å². The average Bonchev–Trinajstić information content (AvgIpc) is 2.54. The number of rotatable bonds is 8. The number of nitrogens with one attached hydrogen (secondary N) is 1. The topological polar surface area (TPSA) is 52.5 Å². The molecule has 1 aromatic heterocycles. The van der Waals surface area contributed by atoms with E-state index in [1.54, 1.807) is 12.3 Å². The summed E-state index contributed by atoms with van der Waals surface area (Å²) < 4.78 is 13.0. The highest BCUT2D eigenvalue weighted by Crippen LogP contribution is 2.09.